The third-order valence-electron chi connectivity index (χ3n) is 6.16. The molecule has 0 atom stereocenters. The summed E-state index contributed by atoms with van der Waals surface area (Å²) in [6.07, 6.45) is 2.78. The molecule has 0 aliphatic carbocycles. The number of nitrogens with one attached hydrogen (secondary N) is 3. The number of rotatable bonds is 10. The third-order valence-corrected chi connectivity index (χ3v) is 6.45. The zero-order valence-corrected chi connectivity index (χ0v) is 20.7. The van der Waals surface area contributed by atoms with Crippen LogP contribution < -0.4 is 16.0 Å². The second-order valence-corrected chi connectivity index (χ2v) is 9.07. The Kier molecular flexibility index (Phi) is 10.2. The molecule has 0 spiro atoms. The van der Waals surface area contributed by atoms with E-state index in [0.29, 0.717) is 30.7 Å². The fourth-order valence-electron chi connectivity index (χ4n) is 4.27. The van der Waals surface area contributed by atoms with Crippen LogP contribution in [0, 0.1) is 5.82 Å². The summed E-state index contributed by atoms with van der Waals surface area (Å²) in [5, 5.41) is 19.5. The minimum absolute atomic E-state index is 0. The molecule has 8 nitrogen and oxygen atoms in total. The maximum absolute atomic E-state index is 13.4. The molecule has 35 heavy (non-hydrogen) atoms. The molecule has 1 aliphatic heterocycles. The number of aromatic nitrogens is 2. The zero-order chi connectivity index (χ0) is 23.8. The number of imidazole rings is 1. The molecule has 10 heteroatoms. The summed E-state index contributed by atoms with van der Waals surface area (Å²) in [6, 6.07) is 15.2. The van der Waals surface area contributed by atoms with Crippen LogP contribution in [-0.4, -0.2) is 75.5 Å². The molecule has 1 aromatic heterocycles. The van der Waals surface area contributed by atoms with Gasteiger partial charge in [-0.25, -0.2) is 9.37 Å². The Morgan fingerprint density at radius 1 is 1.06 bits per heavy atom. The van der Waals surface area contributed by atoms with Crippen LogP contribution in [0.2, 0.25) is 0 Å². The molecule has 0 radical (unpaired) electrons. The van der Waals surface area contributed by atoms with Gasteiger partial charge in [-0.2, -0.15) is 0 Å². The van der Waals surface area contributed by atoms with E-state index >= 15 is 0 Å². The zero-order valence-electron chi connectivity index (χ0n) is 19.8. The highest BCUT2D eigenvalue weighted by Crippen LogP contribution is 2.24. The molecule has 3 aromatic rings. The molecule has 2 heterocycles. The van der Waals surface area contributed by atoms with Gasteiger partial charge in [-0.1, -0.05) is 24.3 Å². The highest BCUT2D eigenvalue weighted by molar-refractivity contribution is 7.80. The predicted molar refractivity (Wildman–Crippen MR) is 142 cm³/mol. The minimum Gasteiger partial charge on any atom is -0.412 e. The van der Waals surface area contributed by atoms with Crippen LogP contribution in [0.3, 0.4) is 0 Å². The van der Waals surface area contributed by atoms with E-state index in [1.807, 2.05) is 30.3 Å². The molecule has 1 saturated heterocycles. The van der Waals surface area contributed by atoms with E-state index in [1.165, 1.54) is 12.1 Å². The van der Waals surface area contributed by atoms with Gasteiger partial charge in [-0.15, -0.1) is 0 Å². The van der Waals surface area contributed by atoms with Crippen LogP contribution in [-0.2, 0) is 6.54 Å². The van der Waals surface area contributed by atoms with Crippen molar-refractivity contribution in [3.05, 3.63) is 59.9 Å². The first-order chi connectivity index (χ1) is 16.6. The summed E-state index contributed by atoms with van der Waals surface area (Å²) < 4.78 is 15.5. The normalized spacial score (nSPS) is 14.5. The van der Waals surface area contributed by atoms with Gasteiger partial charge in [0.15, 0.2) is 5.11 Å². The van der Waals surface area contributed by atoms with Crippen LogP contribution >= 0.6 is 12.2 Å². The molecule has 2 aromatic carbocycles. The molecule has 6 N–H and O–H groups in total. The maximum Gasteiger partial charge on any atom is 0.204 e. The van der Waals surface area contributed by atoms with E-state index < -0.39 is 0 Å². The summed E-state index contributed by atoms with van der Waals surface area (Å²) in [6.45, 7) is 5.27. The Morgan fingerprint density at radius 3 is 2.51 bits per heavy atom. The number of benzene rings is 2. The topological polar surface area (TPSA) is 109 Å². The minimum atomic E-state index is -0.223. The van der Waals surface area contributed by atoms with E-state index in [4.69, 9.17) is 22.3 Å². The first-order valence-corrected chi connectivity index (χ1v) is 12.3. The fourth-order valence-corrected chi connectivity index (χ4v) is 4.48. The third kappa shape index (κ3) is 7.60. The van der Waals surface area contributed by atoms with Crippen molar-refractivity contribution in [1.29, 1.82) is 0 Å². The summed E-state index contributed by atoms with van der Waals surface area (Å²) in [4.78, 5) is 7.30. The second kappa shape index (κ2) is 13.3. The van der Waals surface area contributed by atoms with Crippen molar-refractivity contribution in [3.8, 4) is 0 Å². The summed E-state index contributed by atoms with van der Waals surface area (Å²) in [5.41, 5.74) is 3.07. The lowest BCUT2D eigenvalue weighted by atomic mass is 10.1. The number of hydrogen-bond donors (Lipinski definition) is 4. The number of nitrogens with zero attached hydrogens (tertiary/aromatic N) is 3. The second-order valence-electron chi connectivity index (χ2n) is 8.66. The number of hydrogen-bond acceptors (Lipinski definition) is 5. The Bertz CT molecular complexity index is 1070. The lowest BCUT2D eigenvalue weighted by Crippen LogP contribution is -2.44. The molecular weight excluding hydrogens is 467 g/mol. The number of anilines is 1. The molecular formula is C25H35FN6O2S. The standard InChI is InChI=1S/C25H33FN6OS.H2O/c26-20-8-6-19(7-9-20)18-32-23-5-2-1-4-22(23)30-24(32)29-21-10-14-31(15-11-21)16-13-28-25(34)27-12-3-17-33;/h1-2,4-9,21,33H,3,10-18H2,(H,29,30)(H2,27,28,34);1H2. The van der Waals surface area contributed by atoms with Gasteiger partial charge in [0.2, 0.25) is 5.95 Å². The van der Waals surface area contributed by atoms with Crippen LogP contribution in [0.25, 0.3) is 11.0 Å². The lowest BCUT2D eigenvalue weighted by molar-refractivity contribution is 0.222. The number of likely N-dealkylation sites (tertiary alicyclic amines) is 1. The van der Waals surface area contributed by atoms with Crippen molar-refractivity contribution in [2.75, 3.05) is 44.6 Å². The first-order valence-electron chi connectivity index (χ1n) is 11.9. The van der Waals surface area contributed by atoms with Gasteiger partial charge in [0.25, 0.3) is 0 Å². The van der Waals surface area contributed by atoms with E-state index in [-0.39, 0.29) is 17.9 Å². The van der Waals surface area contributed by atoms with Crippen LogP contribution in [0.15, 0.2) is 48.5 Å². The number of aliphatic hydroxyl groups is 1. The molecule has 190 valence electrons. The Labute approximate surface area is 210 Å². The maximum atomic E-state index is 13.4. The van der Waals surface area contributed by atoms with Crippen molar-refractivity contribution in [2.45, 2.75) is 31.8 Å². The van der Waals surface area contributed by atoms with Gasteiger partial charge in [0, 0.05) is 45.4 Å². The van der Waals surface area contributed by atoms with Crippen molar-refractivity contribution < 1.29 is 15.0 Å². The molecule has 1 aliphatic rings. The van der Waals surface area contributed by atoms with E-state index in [0.717, 1.165) is 61.6 Å². The van der Waals surface area contributed by atoms with Crippen LogP contribution in [0.5, 0.6) is 0 Å². The number of fused-ring (bicyclic) bond motifs is 1. The highest BCUT2D eigenvalue weighted by atomic mass is 32.1. The Morgan fingerprint density at radius 2 is 1.77 bits per heavy atom. The average molecular weight is 503 g/mol. The smallest absolute Gasteiger partial charge is 0.204 e. The lowest BCUT2D eigenvalue weighted by Gasteiger charge is -2.32. The summed E-state index contributed by atoms with van der Waals surface area (Å²) in [7, 11) is 0. The van der Waals surface area contributed by atoms with E-state index in [1.54, 1.807) is 0 Å². The van der Waals surface area contributed by atoms with Crippen molar-refractivity contribution in [2.24, 2.45) is 0 Å². The number of halogens is 1. The average Bonchev–Trinajstić information content (AvgIpc) is 3.18. The first kappa shape index (κ1) is 26.8. The molecule has 0 bridgehead atoms. The summed E-state index contributed by atoms with van der Waals surface area (Å²) in [5.74, 6) is 0.643. The molecule has 4 rings (SSSR count). The highest BCUT2D eigenvalue weighted by Gasteiger charge is 2.21. The Hall–Kier alpha value is -2.79. The van der Waals surface area contributed by atoms with Gasteiger partial charge in [0.1, 0.15) is 5.82 Å². The number of piperidine rings is 1. The fraction of sp³-hybridized carbons (Fsp3) is 0.440. The van der Waals surface area contributed by atoms with Gasteiger partial charge in [-0.05, 0) is 61.3 Å². The number of aliphatic hydroxyl groups excluding tert-OH is 1. The molecule has 0 unspecified atom stereocenters. The van der Waals surface area contributed by atoms with Crippen LogP contribution in [0.4, 0.5) is 10.3 Å². The SMILES string of the molecule is O.OCCCNC(=S)NCCN1CCC(Nc2nc3ccccc3n2Cc2ccc(F)cc2)CC1. The quantitative estimate of drug-likeness (QED) is 0.248. The van der Waals surface area contributed by atoms with Gasteiger partial charge in [0.05, 0.1) is 17.6 Å². The predicted octanol–water partition coefficient (Wildman–Crippen LogP) is 2.12. The van der Waals surface area contributed by atoms with E-state index in [2.05, 4.69) is 31.5 Å². The van der Waals surface area contributed by atoms with Crippen LogP contribution in [0.1, 0.15) is 24.8 Å². The van der Waals surface area contributed by atoms with E-state index in [9.17, 15) is 4.39 Å². The Balaban J connectivity index is 0.00000342. The van der Waals surface area contributed by atoms with Crippen molar-refractivity contribution >= 4 is 34.3 Å². The summed E-state index contributed by atoms with van der Waals surface area (Å²) >= 11 is 5.26. The molecule has 1 fully saturated rings. The van der Waals surface area contributed by atoms with Gasteiger partial charge >= 0.3 is 0 Å². The molecule has 0 saturated carbocycles. The van der Waals surface area contributed by atoms with Gasteiger partial charge in [-0.3, -0.25) is 0 Å². The number of para-hydroxylation sites is 2. The molecule has 0 amide bonds. The monoisotopic (exact) mass is 502 g/mol. The van der Waals surface area contributed by atoms with Gasteiger partial charge < -0.3 is 36.0 Å². The van der Waals surface area contributed by atoms with Crippen molar-refractivity contribution in [1.82, 2.24) is 25.1 Å². The number of thiocarbonyl (C=S) groups is 1. The largest absolute Gasteiger partial charge is 0.412 e. The van der Waals surface area contributed by atoms with Crippen molar-refractivity contribution in [3.63, 3.8) is 0 Å².